The van der Waals surface area contributed by atoms with Crippen LogP contribution in [-0.2, 0) is 0 Å². The van der Waals surface area contributed by atoms with Gasteiger partial charge in [0.05, 0.1) is 0 Å². The molecule has 2 heteroatoms. The van der Waals surface area contributed by atoms with Crippen LogP contribution in [0, 0.1) is 12.7 Å². The molecular formula is C18H22FN. The van der Waals surface area contributed by atoms with Crippen molar-refractivity contribution in [3.8, 4) is 0 Å². The molecule has 0 radical (unpaired) electrons. The summed E-state index contributed by atoms with van der Waals surface area (Å²) in [4.78, 5) is 0. The first kappa shape index (κ1) is 14.7. The molecule has 0 saturated heterocycles. The summed E-state index contributed by atoms with van der Waals surface area (Å²) in [6, 6.07) is 15.8. The molecule has 1 N–H and O–H groups in total. The van der Waals surface area contributed by atoms with E-state index in [0.29, 0.717) is 0 Å². The van der Waals surface area contributed by atoms with Gasteiger partial charge in [0, 0.05) is 12.1 Å². The second kappa shape index (κ2) is 6.67. The molecule has 1 unspecified atom stereocenters. The molecule has 2 rings (SSSR count). The van der Waals surface area contributed by atoms with Crippen LogP contribution in [0.4, 0.5) is 4.39 Å². The third-order valence-corrected chi connectivity index (χ3v) is 3.69. The van der Waals surface area contributed by atoms with Crippen LogP contribution in [0.25, 0.3) is 0 Å². The van der Waals surface area contributed by atoms with Crippen LogP contribution in [0.15, 0.2) is 48.5 Å². The van der Waals surface area contributed by atoms with Crippen LogP contribution in [0.1, 0.15) is 49.0 Å². The van der Waals surface area contributed by atoms with Crippen molar-refractivity contribution in [2.24, 2.45) is 0 Å². The topological polar surface area (TPSA) is 12.0 Å². The molecule has 0 aliphatic carbocycles. The summed E-state index contributed by atoms with van der Waals surface area (Å²) >= 11 is 0. The van der Waals surface area contributed by atoms with E-state index in [4.69, 9.17) is 0 Å². The third kappa shape index (κ3) is 3.67. The third-order valence-electron chi connectivity index (χ3n) is 3.69. The van der Waals surface area contributed by atoms with Gasteiger partial charge in [0.1, 0.15) is 5.82 Å². The molecule has 2 aromatic carbocycles. The second-order valence-electron chi connectivity index (χ2n) is 5.31. The average Bonchev–Trinajstić information content (AvgIpc) is 2.45. The van der Waals surface area contributed by atoms with Crippen LogP contribution < -0.4 is 5.32 Å². The van der Waals surface area contributed by atoms with Crippen LogP contribution in [0.5, 0.6) is 0 Å². The highest BCUT2D eigenvalue weighted by atomic mass is 19.1. The van der Waals surface area contributed by atoms with Crippen molar-refractivity contribution >= 4 is 0 Å². The van der Waals surface area contributed by atoms with Crippen molar-refractivity contribution in [1.29, 1.82) is 0 Å². The largest absolute Gasteiger partial charge is 0.303 e. The van der Waals surface area contributed by atoms with Gasteiger partial charge in [-0.2, -0.15) is 0 Å². The number of halogens is 1. The number of benzene rings is 2. The maximum Gasteiger partial charge on any atom is 0.123 e. The minimum atomic E-state index is -0.181. The Kier molecular flexibility index (Phi) is 4.91. The summed E-state index contributed by atoms with van der Waals surface area (Å²) in [6.07, 6.45) is 1.00. The average molecular weight is 271 g/mol. The standard InChI is InChI=1S/C18H22FN/c1-4-18(15-10-8-13(2)9-11-15)20-14(3)16-6-5-7-17(19)12-16/h5-12,14,18,20H,4H2,1-3H3/t14-,18?/m0/s1. The van der Waals surface area contributed by atoms with E-state index in [1.165, 1.54) is 17.2 Å². The molecule has 1 nitrogen and oxygen atoms in total. The second-order valence-corrected chi connectivity index (χ2v) is 5.31. The summed E-state index contributed by atoms with van der Waals surface area (Å²) in [7, 11) is 0. The van der Waals surface area contributed by atoms with Gasteiger partial charge in [-0.15, -0.1) is 0 Å². The lowest BCUT2D eigenvalue weighted by molar-refractivity contribution is 0.455. The van der Waals surface area contributed by atoms with Gasteiger partial charge >= 0.3 is 0 Å². The Hall–Kier alpha value is -1.67. The number of nitrogens with one attached hydrogen (secondary N) is 1. The highest BCUT2D eigenvalue weighted by molar-refractivity contribution is 5.25. The van der Waals surface area contributed by atoms with Crippen LogP contribution in [0.3, 0.4) is 0 Å². The van der Waals surface area contributed by atoms with Crippen molar-refractivity contribution in [3.05, 3.63) is 71.0 Å². The van der Waals surface area contributed by atoms with Gasteiger partial charge in [-0.1, -0.05) is 48.9 Å². The van der Waals surface area contributed by atoms with Gasteiger partial charge in [0.15, 0.2) is 0 Å². The summed E-state index contributed by atoms with van der Waals surface area (Å²) in [5, 5.41) is 3.58. The summed E-state index contributed by atoms with van der Waals surface area (Å²) in [5.74, 6) is -0.181. The molecular weight excluding hydrogens is 249 g/mol. The molecule has 0 bridgehead atoms. The van der Waals surface area contributed by atoms with Crippen LogP contribution in [-0.4, -0.2) is 0 Å². The number of aryl methyl sites for hydroxylation is 1. The fraction of sp³-hybridized carbons (Fsp3) is 0.333. The Bertz CT molecular complexity index is 548. The van der Waals surface area contributed by atoms with Gasteiger partial charge in [0.2, 0.25) is 0 Å². The summed E-state index contributed by atoms with van der Waals surface area (Å²) < 4.78 is 13.3. The molecule has 0 spiro atoms. The van der Waals surface area contributed by atoms with Gasteiger partial charge < -0.3 is 5.32 Å². The van der Waals surface area contributed by atoms with E-state index in [-0.39, 0.29) is 17.9 Å². The molecule has 0 saturated carbocycles. The predicted molar refractivity (Wildman–Crippen MR) is 82.2 cm³/mol. The van der Waals surface area contributed by atoms with Crippen LogP contribution >= 0.6 is 0 Å². The fourth-order valence-electron chi connectivity index (χ4n) is 2.42. The summed E-state index contributed by atoms with van der Waals surface area (Å²) in [6.45, 7) is 6.33. The van der Waals surface area contributed by atoms with E-state index < -0.39 is 0 Å². The van der Waals surface area contributed by atoms with Crippen molar-refractivity contribution in [2.45, 2.75) is 39.3 Å². The first-order chi connectivity index (χ1) is 9.60. The van der Waals surface area contributed by atoms with Crippen molar-refractivity contribution < 1.29 is 4.39 Å². The molecule has 0 amide bonds. The van der Waals surface area contributed by atoms with Crippen molar-refractivity contribution in [1.82, 2.24) is 5.32 Å². The SMILES string of the molecule is CCC(N[C@@H](C)c1cccc(F)c1)c1ccc(C)cc1. The fourth-order valence-corrected chi connectivity index (χ4v) is 2.42. The predicted octanol–water partition coefficient (Wildman–Crippen LogP) is 4.94. The molecule has 106 valence electrons. The molecule has 0 aliphatic heterocycles. The number of rotatable bonds is 5. The molecule has 0 heterocycles. The first-order valence-corrected chi connectivity index (χ1v) is 7.18. The Balaban J connectivity index is 2.11. The van der Waals surface area contributed by atoms with Crippen molar-refractivity contribution in [3.63, 3.8) is 0 Å². The molecule has 2 aromatic rings. The molecule has 2 atom stereocenters. The lowest BCUT2D eigenvalue weighted by atomic mass is 10.0. The minimum Gasteiger partial charge on any atom is -0.303 e. The number of hydrogen-bond acceptors (Lipinski definition) is 1. The van der Waals surface area contributed by atoms with Gasteiger partial charge in [-0.25, -0.2) is 4.39 Å². The quantitative estimate of drug-likeness (QED) is 0.812. The van der Waals surface area contributed by atoms with Crippen LogP contribution in [0.2, 0.25) is 0 Å². The Morgan fingerprint density at radius 2 is 1.75 bits per heavy atom. The van der Waals surface area contributed by atoms with Gasteiger partial charge in [-0.3, -0.25) is 0 Å². The van der Waals surface area contributed by atoms with E-state index in [2.05, 4.69) is 50.4 Å². The highest BCUT2D eigenvalue weighted by Gasteiger charge is 2.14. The maximum atomic E-state index is 13.3. The normalized spacial score (nSPS) is 14.0. The van der Waals surface area contributed by atoms with Gasteiger partial charge in [0.25, 0.3) is 0 Å². The zero-order valence-corrected chi connectivity index (χ0v) is 12.4. The molecule has 20 heavy (non-hydrogen) atoms. The van der Waals surface area contributed by atoms with E-state index in [0.717, 1.165) is 12.0 Å². The summed E-state index contributed by atoms with van der Waals surface area (Å²) in [5.41, 5.74) is 3.53. The molecule has 0 aromatic heterocycles. The van der Waals surface area contributed by atoms with E-state index in [1.807, 2.05) is 6.07 Å². The zero-order chi connectivity index (χ0) is 14.5. The highest BCUT2D eigenvalue weighted by Crippen LogP contribution is 2.22. The first-order valence-electron chi connectivity index (χ1n) is 7.18. The van der Waals surface area contributed by atoms with E-state index in [9.17, 15) is 4.39 Å². The zero-order valence-electron chi connectivity index (χ0n) is 12.4. The Morgan fingerprint density at radius 1 is 1.05 bits per heavy atom. The van der Waals surface area contributed by atoms with Gasteiger partial charge in [-0.05, 0) is 43.5 Å². The van der Waals surface area contributed by atoms with E-state index >= 15 is 0 Å². The lowest BCUT2D eigenvalue weighted by Gasteiger charge is -2.23. The Morgan fingerprint density at radius 3 is 2.35 bits per heavy atom. The van der Waals surface area contributed by atoms with Crippen molar-refractivity contribution in [2.75, 3.05) is 0 Å². The smallest absolute Gasteiger partial charge is 0.123 e. The monoisotopic (exact) mass is 271 g/mol. The lowest BCUT2D eigenvalue weighted by Crippen LogP contribution is -2.24. The minimum absolute atomic E-state index is 0.122. The maximum absolute atomic E-state index is 13.3. The van der Waals surface area contributed by atoms with E-state index in [1.54, 1.807) is 12.1 Å². The number of hydrogen-bond donors (Lipinski definition) is 1. The molecule has 0 fully saturated rings. The Labute approximate surface area is 120 Å². The molecule has 0 aliphatic rings.